The molecular weight excluding hydrogens is 391 g/mol. The maximum Gasteiger partial charge on any atom is 0.272 e. The fourth-order valence-electron chi connectivity index (χ4n) is 4.56. The predicted molar refractivity (Wildman–Crippen MR) is 120 cm³/mol. The average Bonchev–Trinajstić information content (AvgIpc) is 3.06. The molecule has 162 valence electrons. The average molecular weight is 421 g/mol. The number of hydrogen-bond donors (Lipinski definition) is 0. The highest BCUT2D eigenvalue weighted by Crippen LogP contribution is 2.31. The van der Waals surface area contributed by atoms with Crippen LogP contribution < -0.4 is 0 Å². The molecule has 1 aliphatic heterocycles. The van der Waals surface area contributed by atoms with E-state index in [9.17, 15) is 9.18 Å². The van der Waals surface area contributed by atoms with Crippen LogP contribution in [0.1, 0.15) is 58.8 Å². The minimum Gasteiger partial charge on any atom is -0.337 e. The lowest BCUT2D eigenvalue weighted by Gasteiger charge is -2.32. The Morgan fingerprint density at radius 1 is 1.10 bits per heavy atom. The largest absolute Gasteiger partial charge is 0.337 e. The van der Waals surface area contributed by atoms with Crippen molar-refractivity contribution in [2.75, 3.05) is 13.1 Å². The van der Waals surface area contributed by atoms with Gasteiger partial charge in [-0.15, -0.1) is 0 Å². The summed E-state index contributed by atoms with van der Waals surface area (Å²) in [6.07, 6.45) is 2.58. The summed E-state index contributed by atoms with van der Waals surface area (Å²) < 4.78 is 15.0. The quantitative estimate of drug-likeness (QED) is 0.608. The number of likely N-dealkylation sites (tertiary alicyclic amines) is 1. The van der Waals surface area contributed by atoms with Gasteiger partial charge in [0.05, 0.1) is 5.69 Å². The van der Waals surface area contributed by atoms with Gasteiger partial charge in [-0.05, 0) is 68.5 Å². The van der Waals surface area contributed by atoms with Crippen LogP contribution >= 0.6 is 0 Å². The molecule has 1 aliphatic rings. The first-order chi connectivity index (χ1) is 14.9. The topological polar surface area (TPSA) is 51.0 Å². The van der Waals surface area contributed by atoms with Gasteiger partial charge in [-0.2, -0.15) is 5.10 Å². The van der Waals surface area contributed by atoms with Crippen LogP contribution in [0.3, 0.4) is 0 Å². The molecule has 6 heteroatoms. The molecule has 0 atom stereocenters. The van der Waals surface area contributed by atoms with E-state index in [0.717, 1.165) is 53.0 Å². The third kappa shape index (κ3) is 4.24. The summed E-state index contributed by atoms with van der Waals surface area (Å²) in [5.41, 5.74) is 6.71. The van der Waals surface area contributed by atoms with Gasteiger partial charge < -0.3 is 4.90 Å². The molecule has 0 spiro atoms. The second kappa shape index (κ2) is 8.61. The van der Waals surface area contributed by atoms with Gasteiger partial charge in [-0.3, -0.25) is 14.5 Å². The van der Waals surface area contributed by atoms with E-state index < -0.39 is 0 Å². The van der Waals surface area contributed by atoms with Gasteiger partial charge in [0.25, 0.3) is 5.91 Å². The van der Waals surface area contributed by atoms with Crippen LogP contribution in [0.5, 0.6) is 0 Å². The normalized spacial score (nSPS) is 14.8. The number of hydrogen-bond acceptors (Lipinski definition) is 3. The molecule has 1 amide bonds. The molecule has 1 aromatic carbocycles. The number of pyridine rings is 1. The molecule has 0 bridgehead atoms. The molecule has 31 heavy (non-hydrogen) atoms. The lowest BCUT2D eigenvalue weighted by atomic mass is 9.91. The zero-order valence-electron chi connectivity index (χ0n) is 18.7. The van der Waals surface area contributed by atoms with E-state index >= 15 is 0 Å². The van der Waals surface area contributed by atoms with Crippen molar-refractivity contribution in [2.45, 2.75) is 46.0 Å². The standard InChI is InChI=1S/C25H29FN4O/c1-5-22-17(3)24(29(4)28-22)25(31)30-12-10-19(11-13-30)23-15-20(14-16(2)27-23)18-6-8-21(26)9-7-18/h6-9,14-15,19H,5,10-13H2,1-4H3. The van der Waals surface area contributed by atoms with Crippen molar-refractivity contribution in [1.29, 1.82) is 0 Å². The van der Waals surface area contributed by atoms with E-state index in [1.54, 1.807) is 16.8 Å². The Labute approximate surface area is 182 Å². The summed E-state index contributed by atoms with van der Waals surface area (Å²) in [6.45, 7) is 7.45. The molecule has 3 heterocycles. The van der Waals surface area contributed by atoms with Crippen LogP contribution in [0.15, 0.2) is 36.4 Å². The Balaban J connectivity index is 1.50. The van der Waals surface area contributed by atoms with Gasteiger partial charge in [0.2, 0.25) is 0 Å². The first kappa shape index (κ1) is 21.2. The highest BCUT2D eigenvalue weighted by molar-refractivity contribution is 5.94. The van der Waals surface area contributed by atoms with E-state index in [0.29, 0.717) is 24.7 Å². The zero-order chi connectivity index (χ0) is 22.1. The molecule has 0 N–H and O–H groups in total. The molecule has 0 aliphatic carbocycles. The van der Waals surface area contributed by atoms with Gasteiger partial charge in [0.15, 0.2) is 0 Å². The number of benzene rings is 1. The number of piperidine rings is 1. The van der Waals surface area contributed by atoms with Crippen LogP contribution in [-0.4, -0.2) is 38.7 Å². The Bertz CT molecular complexity index is 1100. The van der Waals surface area contributed by atoms with E-state index in [1.165, 1.54) is 12.1 Å². The molecule has 5 nitrogen and oxygen atoms in total. The van der Waals surface area contributed by atoms with Crippen LogP contribution in [0.4, 0.5) is 4.39 Å². The van der Waals surface area contributed by atoms with Crippen molar-refractivity contribution in [3.63, 3.8) is 0 Å². The Morgan fingerprint density at radius 3 is 2.39 bits per heavy atom. The predicted octanol–water partition coefficient (Wildman–Crippen LogP) is 4.82. The third-order valence-corrected chi connectivity index (χ3v) is 6.27. The molecule has 4 rings (SSSR count). The molecule has 0 saturated carbocycles. The first-order valence-corrected chi connectivity index (χ1v) is 10.9. The number of nitrogens with zero attached hydrogens (tertiary/aromatic N) is 4. The molecular formula is C25H29FN4O. The van der Waals surface area contributed by atoms with Gasteiger partial charge >= 0.3 is 0 Å². The van der Waals surface area contributed by atoms with Crippen molar-refractivity contribution in [3.05, 3.63) is 70.6 Å². The molecule has 1 saturated heterocycles. The number of aryl methyl sites for hydroxylation is 3. The van der Waals surface area contributed by atoms with Gasteiger partial charge in [0, 0.05) is 43.0 Å². The minimum atomic E-state index is -0.235. The van der Waals surface area contributed by atoms with Crippen LogP contribution in [0.25, 0.3) is 11.1 Å². The van der Waals surface area contributed by atoms with E-state index in [-0.39, 0.29) is 11.7 Å². The first-order valence-electron chi connectivity index (χ1n) is 10.9. The second-order valence-corrected chi connectivity index (χ2v) is 8.39. The molecule has 2 aromatic heterocycles. The van der Waals surface area contributed by atoms with Crippen LogP contribution in [0, 0.1) is 19.7 Å². The highest BCUT2D eigenvalue weighted by Gasteiger charge is 2.29. The molecule has 1 fully saturated rings. The maximum atomic E-state index is 13.3. The molecule has 3 aromatic rings. The van der Waals surface area contributed by atoms with Crippen molar-refractivity contribution >= 4 is 5.91 Å². The summed E-state index contributed by atoms with van der Waals surface area (Å²) in [4.78, 5) is 19.9. The Kier molecular flexibility index (Phi) is 5.90. The number of halogens is 1. The number of carbonyl (C=O) groups excluding carboxylic acids is 1. The van der Waals surface area contributed by atoms with Gasteiger partial charge in [-0.25, -0.2) is 4.39 Å². The fraction of sp³-hybridized carbons (Fsp3) is 0.400. The van der Waals surface area contributed by atoms with Crippen molar-refractivity contribution in [1.82, 2.24) is 19.7 Å². The van der Waals surface area contributed by atoms with Gasteiger partial charge in [-0.1, -0.05) is 19.1 Å². The fourth-order valence-corrected chi connectivity index (χ4v) is 4.56. The highest BCUT2D eigenvalue weighted by atomic mass is 19.1. The van der Waals surface area contributed by atoms with Gasteiger partial charge in [0.1, 0.15) is 11.5 Å². The second-order valence-electron chi connectivity index (χ2n) is 8.39. The maximum absolute atomic E-state index is 13.3. The zero-order valence-corrected chi connectivity index (χ0v) is 18.7. The molecule has 0 unspecified atom stereocenters. The lowest BCUT2D eigenvalue weighted by Crippen LogP contribution is -2.39. The van der Waals surface area contributed by atoms with E-state index in [2.05, 4.69) is 18.1 Å². The van der Waals surface area contributed by atoms with E-state index in [4.69, 9.17) is 4.98 Å². The lowest BCUT2D eigenvalue weighted by molar-refractivity contribution is 0.0700. The summed E-state index contributed by atoms with van der Waals surface area (Å²) in [5.74, 6) is 0.137. The number of aromatic nitrogens is 3. The summed E-state index contributed by atoms with van der Waals surface area (Å²) >= 11 is 0. The molecule has 0 radical (unpaired) electrons. The Morgan fingerprint density at radius 2 is 1.77 bits per heavy atom. The van der Waals surface area contributed by atoms with E-state index in [1.807, 2.05) is 31.9 Å². The third-order valence-electron chi connectivity index (χ3n) is 6.27. The minimum absolute atomic E-state index is 0.0647. The van der Waals surface area contributed by atoms with Crippen molar-refractivity contribution in [3.8, 4) is 11.1 Å². The summed E-state index contributed by atoms with van der Waals surface area (Å²) in [5, 5.41) is 4.50. The number of carbonyl (C=O) groups is 1. The summed E-state index contributed by atoms with van der Waals surface area (Å²) in [6, 6.07) is 10.7. The van der Waals surface area contributed by atoms with Crippen LogP contribution in [-0.2, 0) is 13.5 Å². The van der Waals surface area contributed by atoms with Crippen LogP contribution in [0.2, 0.25) is 0 Å². The van der Waals surface area contributed by atoms with Crippen molar-refractivity contribution in [2.24, 2.45) is 7.05 Å². The number of rotatable bonds is 4. The number of amides is 1. The smallest absolute Gasteiger partial charge is 0.272 e. The Hall–Kier alpha value is -3.02. The summed E-state index contributed by atoms with van der Waals surface area (Å²) in [7, 11) is 1.85. The van der Waals surface area contributed by atoms with Crippen molar-refractivity contribution < 1.29 is 9.18 Å². The monoisotopic (exact) mass is 420 g/mol. The SMILES string of the molecule is CCc1nn(C)c(C(=O)N2CCC(c3cc(-c4ccc(F)cc4)cc(C)n3)CC2)c1C.